The molecule has 1 aliphatic heterocycles. The van der Waals surface area contributed by atoms with Crippen molar-refractivity contribution in [1.82, 2.24) is 9.97 Å². The van der Waals surface area contributed by atoms with Crippen LogP contribution in [-0.4, -0.2) is 55.8 Å². The molecule has 0 amide bonds. The quantitative estimate of drug-likeness (QED) is 0.337. The van der Waals surface area contributed by atoms with Crippen LogP contribution < -0.4 is 5.32 Å². The number of fused-ring (bicyclic) bond motifs is 1. The lowest BCUT2D eigenvalue weighted by atomic mass is 9.85. The van der Waals surface area contributed by atoms with Crippen molar-refractivity contribution in [3.8, 4) is 11.1 Å². The molecule has 2 aromatic carbocycles. The molecule has 6 nitrogen and oxygen atoms in total. The normalized spacial score (nSPS) is 18.1. The van der Waals surface area contributed by atoms with E-state index in [-0.39, 0.29) is 0 Å². The van der Waals surface area contributed by atoms with E-state index < -0.39 is 5.41 Å². The Labute approximate surface area is 206 Å². The van der Waals surface area contributed by atoms with E-state index in [1.165, 1.54) is 0 Å². The molecule has 1 aromatic heterocycles. The lowest BCUT2D eigenvalue weighted by Gasteiger charge is -2.27. The van der Waals surface area contributed by atoms with Gasteiger partial charge in [-0.15, -0.1) is 0 Å². The third-order valence-corrected chi connectivity index (χ3v) is 5.77. The Hall–Kier alpha value is -4.19. The van der Waals surface area contributed by atoms with E-state index >= 15 is 0 Å². The van der Waals surface area contributed by atoms with Crippen molar-refractivity contribution in [3.63, 3.8) is 0 Å². The average Bonchev–Trinajstić information content (AvgIpc) is 2.88. The summed E-state index contributed by atoms with van der Waals surface area (Å²) < 4.78 is 0. The van der Waals surface area contributed by atoms with Crippen LogP contribution in [-0.2, 0) is 5.41 Å². The lowest BCUT2D eigenvalue weighted by molar-refractivity contribution is 0.562. The Morgan fingerprint density at radius 3 is 2.71 bits per heavy atom. The van der Waals surface area contributed by atoms with Gasteiger partial charge in [0.2, 0.25) is 0 Å². The van der Waals surface area contributed by atoms with Crippen LogP contribution in [0.15, 0.2) is 99.5 Å². The van der Waals surface area contributed by atoms with Gasteiger partial charge in [-0.3, -0.25) is 15.0 Å². The van der Waals surface area contributed by atoms with E-state index in [9.17, 15) is 0 Å². The van der Waals surface area contributed by atoms with Crippen molar-refractivity contribution >= 4 is 35.9 Å². The number of allylic oxidation sites excluding steroid dienone is 3. The first-order valence-corrected chi connectivity index (χ1v) is 11.6. The molecule has 3 aromatic rings. The molecule has 0 spiro atoms. The van der Waals surface area contributed by atoms with Gasteiger partial charge in [-0.1, -0.05) is 66.8 Å². The summed E-state index contributed by atoms with van der Waals surface area (Å²) in [6.07, 6.45) is 13.7. The predicted molar refractivity (Wildman–Crippen MR) is 149 cm³/mol. The molecule has 4 rings (SSSR count). The number of nitrogens with zero attached hydrogens (tertiary/aromatic N) is 5. The number of benzene rings is 2. The highest BCUT2D eigenvalue weighted by atomic mass is 15.0. The summed E-state index contributed by atoms with van der Waals surface area (Å²) in [4.78, 5) is 22.6. The second-order valence-corrected chi connectivity index (χ2v) is 8.55. The molecule has 6 heteroatoms. The van der Waals surface area contributed by atoms with Crippen molar-refractivity contribution in [2.24, 2.45) is 15.0 Å². The van der Waals surface area contributed by atoms with E-state index in [1.807, 2.05) is 48.7 Å². The Bertz CT molecular complexity index is 1330. The first-order chi connectivity index (χ1) is 17.1. The summed E-state index contributed by atoms with van der Waals surface area (Å²) in [5.41, 5.74) is 3.71. The number of nitrogens with one attached hydrogen (secondary N) is 1. The molecule has 1 aliphatic rings. The average molecular weight is 463 g/mol. The van der Waals surface area contributed by atoms with Crippen molar-refractivity contribution in [3.05, 3.63) is 90.3 Å². The number of dihydropyridines is 1. The molecule has 2 heterocycles. The molecule has 0 saturated carbocycles. The van der Waals surface area contributed by atoms with Gasteiger partial charge in [0, 0.05) is 26.0 Å². The second kappa shape index (κ2) is 11.3. The molecule has 0 aliphatic carbocycles. The molecule has 176 valence electrons. The summed E-state index contributed by atoms with van der Waals surface area (Å²) in [7, 11) is 1.75. The Balaban J connectivity index is 1.79. The molecule has 0 fully saturated rings. The smallest absolute Gasteiger partial charge is 0.142 e. The van der Waals surface area contributed by atoms with Crippen LogP contribution in [0.4, 0.5) is 5.82 Å². The fourth-order valence-corrected chi connectivity index (χ4v) is 4.12. The molecule has 0 radical (unpaired) electrons. The molecule has 0 bridgehead atoms. The van der Waals surface area contributed by atoms with Gasteiger partial charge in [0.05, 0.1) is 29.4 Å². The van der Waals surface area contributed by atoms with Crippen LogP contribution in [0.3, 0.4) is 0 Å². The fourth-order valence-electron chi connectivity index (χ4n) is 4.12. The van der Waals surface area contributed by atoms with Gasteiger partial charge in [0.1, 0.15) is 11.6 Å². The summed E-state index contributed by atoms with van der Waals surface area (Å²) in [5.74, 6) is 1.54. The summed E-state index contributed by atoms with van der Waals surface area (Å²) in [6.45, 7) is 7.48. The van der Waals surface area contributed by atoms with E-state index in [4.69, 9.17) is 9.97 Å². The highest BCUT2D eigenvalue weighted by molar-refractivity contribution is 6.02. The van der Waals surface area contributed by atoms with E-state index in [0.717, 1.165) is 39.2 Å². The van der Waals surface area contributed by atoms with Gasteiger partial charge < -0.3 is 5.32 Å². The van der Waals surface area contributed by atoms with Crippen molar-refractivity contribution in [2.45, 2.75) is 12.3 Å². The SMILES string of the molecule is C=NCC1=CC(C)(c2nc(NC/C=C/C=C\C=N/C)c3c(-c4ccccc4)cccc3n2)CN=C1. The number of aliphatic imine (C=N–C) groups is 3. The number of hydrogen-bond donors (Lipinski definition) is 1. The maximum absolute atomic E-state index is 5.06. The van der Waals surface area contributed by atoms with Crippen LogP contribution in [0.5, 0.6) is 0 Å². The lowest BCUT2D eigenvalue weighted by Crippen LogP contribution is -2.30. The number of aromatic nitrogens is 2. The molecule has 35 heavy (non-hydrogen) atoms. The number of rotatable bonds is 9. The Morgan fingerprint density at radius 2 is 1.91 bits per heavy atom. The zero-order valence-electron chi connectivity index (χ0n) is 20.2. The van der Waals surface area contributed by atoms with Crippen LogP contribution in [0.2, 0.25) is 0 Å². The molecule has 1 N–H and O–H groups in total. The second-order valence-electron chi connectivity index (χ2n) is 8.55. The third kappa shape index (κ3) is 5.66. The standard InChI is InChI=1S/C29H30N6/c1-29(18-22(19-31-3)20-32-21-29)28-34-25-15-11-14-24(23-12-7-6-8-13-23)26(25)27(35-28)33-17-10-5-4-9-16-30-2/h4-16,18,20H,3,17,19,21H2,1-2H3,(H,33,34,35)/b9-4-,10-5+,30-16-. The van der Waals surface area contributed by atoms with Crippen molar-refractivity contribution < 1.29 is 0 Å². The largest absolute Gasteiger partial charge is 0.366 e. The molecule has 1 atom stereocenters. The van der Waals surface area contributed by atoms with Gasteiger partial charge in [-0.25, -0.2) is 9.97 Å². The fraction of sp³-hybridized carbons (Fsp3) is 0.207. The first kappa shape index (κ1) is 24.0. The van der Waals surface area contributed by atoms with Crippen molar-refractivity contribution in [1.29, 1.82) is 0 Å². The minimum atomic E-state index is -0.430. The molecule has 0 saturated heterocycles. The summed E-state index contributed by atoms with van der Waals surface area (Å²) in [5, 5.41) is 4.53. The molecular formula is C29H30N6. The number of hydrogen-bond acceptors (Lipinski definition) is 6. The zero-order chi connectivity index (χ0) is 24.5. The third-order valence-electron chi connectivity index (χ3n) is 5.77. The monoisotopic (exact) mass is 462 g/mol. The predicted octanol–water partition coefficient (Wildman–Crippen LogP) is 5.49. The highest BCUT2D eigenvalue weighted by Gasteiger charge is 2.31. The van der Waals surface area contributed by atoms with Crippen LogP contribution in [0.25, 0.3) is 22.0 Å². The van der Waals surface area contributed by atoms with Crippen molar-refractivity contribution in [2.75, 3.05) is 32.0 Å². The first-order valence-electron chi connectivity index (χ1n) is 11.6. The molecular weight excluding hydrogens is 432 g/mol. The van der Waals surface area contributed by atoms with E-state index in [0.29, 0.717) is 19.6 Å². The Morgan fingerprint density at radius 1 is 1.06 bits per heavy atom. The van der Waals surface area contributed by atoms with E-state index in [1.54, 1.807) is 13.3 Å². The highest BCUT2D eigenvalue weighted by Crippen LogP contribution is 2.35. The van der Waals surface area contributed by atoms with Gasteiger partial charge >= 0.3 is 0 Å². The number of anilines is 1. The minimum Gasteiger partial charge on any atom is -0.366 e. The van der Waals surface area contributed by atoms with Gasteiger partial charge in [0.25, 0.3) is 0 Å². The maximum atomic E-state index is 5.06. The molecule has 1 unspecified atom stereocenters. The van der Waals surface area contributed by atoms with E-state index in [2.05, 4.69) is 70.4 Å². The topological polar surface area (TPSA) is 74.9 Å². The van der Waals surface area contributed by atoms with Gasteiger partial charge in [0.15, 0.2) is 0 Å². The van der Waals surface area contributed by atoms with Crippen LogP contribution in [0.1, 0.15) is 12.7 Å². The summed E-state index contributed by atoms with van der Waals surface area (Å²) in [6, 6.07) is 16.6. The summed E-state index contributed by atoms with van der Waals surface area (Å²) >= 11 is 0. The Kier molecular flexibility index (Phi) is 7.73. The van der Waals surface area contributed by atoms with Crippen LogP contribution in [0, 0.1) is 0 Å². The van der Waals surface area contributed by atoms with Gasteiger partial charge in [-0.2, -0.15) is 0 Å². The van der Waals surface area contributed by atoms with Gasteiger partial charge in [-0.05, 0) is 42.5 Å². The minimum absolute atomic E-state index is 0.430. The van der Waals surface area contributed by atoms with Crippen LogP contribution >= 0.6 is 0 Å². The maximum Gasteiger partial charge on any atom is 0.142 e. The zero-order valence-corrected chi connectivity index (χ0v) is 20.2.